The summed E-state index contributed by atoms with van der Waals surface area (Å²) in [5.74, 6) is 2.65. The van der Waals surface area contributed by atoms with Crippen molar-refractivity contribution in [3.05, 3.63) is 23.8 Å². The van der Waals surface area contributed by atoms with E-state index in [1.54, 1.807) is 0 Å². The highest BCUT2D eigenvalue weighted by atomic mass is 15.1. The quantitative estimate of drug-likeness (QED) is 0.758. The monoisotopic (exact) mass is 202 g/mol. The highest BCUT2D eigenvalue weighted by Crippen LogP contribution is 2.22. The predicted molar refractivity (Wildman–Crippen MR) is 67.4 cm³/mol. The van der Waals surface area contributed by atoms with E-state index in [0.29, 0.717) is 0 Å². The van der Waals surface area contributed by atoms with Crippen LogP contribution in [-0.4, -0.2) is 20.1 Å². The highest BCUT2D eigenvalue weighted by Gasteiger charge is 2.03. The number of terminal acetylenes is 1. The van der Waals surface area contributed by atoms with Gasteiger partial charge in [0.15, 0.2) is 0 Å². The minimum atomic E-state index is 0.0581. The van der Waals surface area contributed by atoms with Gasteiger partial charge >= 0.3 is 0 Å². The van der Waals surface area contributed by atoms with Gasteiger partial charge in [-0.15, -0.1) is 6.42 Å². The van der Waals surface area contributed by atoms with Gasteiger partial charge in [0.25, 0.3) is 0 Å². The summed E-state index contributed by atoms with van der Waals surface area (Å²) in [6, 6.07) is 6.32. The van der Waals surface area contributed by atoms with E-state index in [4.69, 9.17) is 6.42 Å². The Balaban J connectivity index is 2.93. The Labute approximate surface area is 92.3 Å². The van der Waals surface area contributed by atoms with Crippen molar-refractivity contribution in [2.24, 2.45) is 0 Å². The Morgan fingerprint density at radius 1 is 1.40 bits per heavy atom. The number of rotatable bonds is 3. The van der Waals surface area contributed by atoms with Crippen LogP contribution < -0.4 is 10.2 Å². The van der Waals surface area contributed by atoms with E-state index in [2.05, 4.69) is 41.3 Å². The topological polar surface area (TPSA) is 15.3 Å². The first-order chi connectivity index (χ1) is 7.04. The van der Waals surface area contributed by atoms with E-state index in [9.17, 15) is 0 Å². The number of benzene rings is 1. The number of aryl methyl sites for hydroxylation is 1. The standard InChI is InChI=1S/C13H18N2/c1-6-11(3)14-12-8-7-10(2)13(9-12)15(4)5/h1,7-9,11,14H,2-5H3. The van der Waals surface area contributed by atoms with Gasteiger partial charge in [0.05, 0.1) is 6.04 Å². The molecule has 0 heterocycles. The molecule has 80 valence electrons. The van der Waals surface area contributed by atoms with Crippen LogP contribution in [0.2, 0.25) is 0 Å². The summed E-state index contributed by atoms with van der Waals surface area (Å²) in [6.45, 7) is 4.07. The summed E-state index contributed by atoms with van der Waals surface area (Å²) in [4.78, 5) is 2.10. The summed E-state index contributed by atoms with van der Waals surface area (Å²) in [7, 11) is 4.08. The van der Waals surface area contributed by atoms with Crippen molar-refractivity contribution in [2.45, 2.75) is 19.9 Å². The van der Waals surface area contributed by atoms with Crippen molar-refractivity contribution < 1.29 is 0 Å². The van der Waals surface area contributed by atoms with Gasteiger partial charge in [0.2, 0.25) is 0 Å². The molecule has 2 nitrogen and oxygen atoms in total. The Morgan fingerprint density at radius 3 is 2.60 bits per heavy atom. The summed E-state index contributed by atoms with van der Waals surface area (Å²) in [5.41, 5.74) is 3.54. The molecule has 1 aromatic rings. The van der Waals surface area contributed by atoms with Crippen molar-refractivity contribution in [1.29, 1.82) is 0 Å². The van der Waals surface area contributed by atoms with Crippen molar-refractivity contribution in [3.8, 4) is 12.3 Å². The molecule has 0 spiro atoms. The van der Waals surface area contributed by atoms with E-state index < -0.39 is 0 Å². The van der Waals surface area contributed by atoms with Crippen molar-refractivity contribution in [3.63, 3.8) is 0 Å². The zero-order valence-electron chi connectivity index (χ0n) is 9.83. The third-order valence-electron chi connectivity index (χ3n) is 2.32. The van der Waals surface area contributed by atoms with Gasteiger partial charge in [-0.05, 0) is 31.5 Å². The molecule has 1 N–H and O–H groups in total. The highest BCUT2D eigenvalue weighted by molar-refractivity contribution is 5.62. The molecule has 1 atom stereocenters. The molecule has 1 rings (SSSR count). The molecule has 0 amide bonds. The first-order valence-electron chi connectivity index (χ1n) is 5.05. The van der Waals surface area contributed by atoms with Crippen LogP contribution in [0.25, 0.3) is 0 Å². The number of hydrogen-bond acceptors (Lipinski definition) is 2. The Hall–Kier alpha value is -1.62. The van der Waals surface area contributed by atoms with Crippen LogP contribution in [0.3, 0.4) is 0 Å². The molecule has 0 radical (unpaired) electrons. The third kappa shape index (κ3) is 2.92. The number of anilines is 2. The van der Waals surface area contributed by atoms with E-state index in [0.717, 1.165) is 5.69 Å². The fraction of sp³-hybridized carbons (Fsp3) is 0.385. The number of nitrogens with zero attached hydrogens (tertiary/aromatic N) is 1. The lowest BCUT2D eigenvalue weighted by Gasteiger charge is -2.18. The lowest BCUT2D eigenvalue weighted by Crippen LogP contribution is -2.14. The van der Waals surface area contributed by atoms with Gasteiger partial charge in [0, 0.05) is 25.5 Å². The molecule has 1 aromatic carbocycles. The van der Waals surface area contributed by atoms with Gasteiger partial charge in [-0.1, -0.05) is 12.0 Å². The van der Waals surface area contributed by atoms with Gasteiger partial charge < -0.3 is 10.2 Å². The average molecular weight is 202 g/mol. The first-order valence-corrected chi connectivity index (χ1v) is 5.05. The minimum absolute atomic E-state index is 0.0581. The molecular weight excluding hydrogens is 184 g/mol. The Bertz CT molecular complexity index is 375. The Morgan fingerprint density at radius 2 is 2.07 bits per heavy atom. The normalized spacial score (nSPS) is 11.7. The molecule has 0 aliphatic carbocycles. The number of hydrogen-bond donors (Lipinski definition) is 1. The van der Waals surface area contributed by atoms with E-state index in [1.165, 1.54) is 11.3 Å². The van der Waals surface area contributed by atoms with Crippen LogP contribution >= 0.6 is 0 Å². The summed E-state index contributed by atoms with van der Waals surface area (Å²) in [5, 5.41) is 3.25. The Kier molecular flexibility index (Phi) is 3.62. The fourth-order valence-electron chi connectivity index (χ4n) is 1.47. The van der Waals surface area contributed by atoms with Crippen LogP contribution in [0.5, 0.6) is 0 Å². The molecule has 15 heavy (non-hydrogen) atoms. The molecule has 0 aliphatic rings. The zero-order chi connectivity index (χ0) is 11.4. The minimum Gasteiger partial charge on any atom is -0.377 e. The fourth-order valence-corrected chi connectivity index (χ4v) is 1.47. The van der Waals surface area contributed by atoms with Crippen LogP contribution in [0, 0.1) is 19.3 Å². The summed E-state index contributed by atoms with van der Waals surface area (Å²) in [6.07, 6.45) is 5.32. The van der Waals surface area contributed by atoms with Crippen molar-refractivity contribution in [1.82, 2.24) is 0 Å². The van der Waals surface area contributed by atoms with Gasteiger partial charge in [0.1, 0.15) is 0 Å². The van der Waals surface area contributed by atoms with E-state index >= 15 is 0 Å². The molecule has 1 unspecified atom stereocenters. The molecular formula is C13H18N2. The molecule has 0 saturated carbocycles. The number of nitrogens with one attached hydrogen (secondary N) is 1. The smallest absolute Gasteiger partial charge is 0.0845 e. The molecule has 0 aromatic heterocycles. The largest absolute Gasteiger partial charge is 0.377 e. The molecule has 0 saturated heterocycles. The molecule has 0 fully saturated rings. The summed E-state index contributed by atoms with van der Waals surface area (Å²) < 4.78 is 0. The van der Waals surface area contributed by atoms with E-state index in [1.807, 2.05) is 21.0 Å². The van der Waals surface area contributed by atoms with Gasteiger partial charge in [-0.2, -0.15) is 0 Å². The maximum atomic E-state index is 5.32. The maximum absolute atomic E-state index is 5.32. The van der Waals surface area contributed by atoms with Crippen LogP contribution in [0.1, 0.15) is 12.5 Å². The second-order valence-corrected chi connectivity index (χ2v) is 3.93. The average Bonchev–Trinajstić information content (AvgIpc) is 2.20. The van der Waals surface area contributed by atoms with Crippen LogP contribution in [0.15, 0.2) is 18.2 Å². The van der Waals surface area contributed by atoms with Gasteiger partial charge in [-0.3, -0.25) is 0 Å². The second-order valence-electron chi connectivity index (χ2n) is 3.93. The molecule has 2 heteroatoms. The van der Waals surface area contributed by atoms with Crippen molar-refractivity contribution >= 4 is 11.4 Å². The predicted octanol–water partition coefficient (Wildman–Crippen LogP) is 2.49. The SMILES string of the molecule is C#CC(C)Nc1ccc(C)c(N(C)C)c1. The third-order valence-corrected chi connectivity index (χ3v) is 2.32. The summed E-state index contributed by atoms with van der Waals surface area (Å²) >= 11 is 0. The van der Waals surface area contributed by atoms with Gasteiger partial charge in [-0.25, -0.2) is 0 Å². The van der Waals surface area contributed by atoms with Crippen molar-refractivity contribution in [2.75, 3.05) is 24.3 Å². The zero-order valence-corrected chi connectivity index (χ0v) is 9.83. The molecule has 0 bridgehead atoms. The first kappa shape index (κ1) is 11.5. The maximum Gasteiger partial charge on any atom is 0.0845 e. The lowest BCUT2D eigenvalue weighted by atomic mass is 10.1. The lowest BCUT2D eigenvalue weighted by molar-refractivity contribution is 1.03. The second kappa shape index (κ2) is 4.75. The van der Waals surface area contributed by atoms with E-state index in [-0.39, 0.29) is 6.04 Å². The van der Waals surface area contributed by atoms with Crippen LogP contribution in [0.4, 0.5) is 11.4 Å². The van der Waals surface area contributed by atoms with Crippen LogP contribution in [-0.2, 0) is 0 Å². The molecule has 0 aliphatic heterocycles.